The maximum atomic E-state index is 11.3. The van der Waals surface area contributed by atoms with E-state index in [4.69, 9.17) is 0 Å². The summed E-state index contributed by atoms with van der Waals surface area (Å²) in [6, 6.07) is 0. The van der Waals surface area contributed by atoms with Crippen LogP contribution in [0.2, 0.25) is 0 Å². The molecule has 1 heterocycles. The molecule has 1 aromatic heterocycles. The predicted molar refractivity (Wildman–Crippen MR) is 63.6 cm³/mol. The third-order valence-corrected chi connectivity index (χ3v) is 3.46. The van der Waals surface area contributed by atoms with Crippen molar-refractivity contribution in [3.8, 4) is 0 Å². The van der Waals surface area contributed by atoms with Crippen molar-refractivity contribution >= 4 is 40.0 Å². The Morgan fingerprint density at radius 3 is 2.69 bits per heavy atom. The summed E-state index contributed by atoms with van der Waals surface area (Å²) in [4.78, 5) is 23.5. The average Bonchev–Trinajstić information content (AvgIpc) is 2.60. The fourth-order valence-corrected chi connectivity index (χ4v) is 2.50. The van der Waals surface area contributed by atoms with Gasteiger partial charge in [0.05, 0.1) is 5.75 Å². The smallest absolute Gasteiger partial charge is 0.232 e. The molecule has 0 fully saturated rings. The summed E-state index contributed by atoms with van der Waals surface area (Å²) in [5.74, 6) is 0.153. The minimum atomic E-state index is -0.183. The largest absolute Gasteiger partial charge is 0.348 e. The van der Waals surface area contributed by atoms with E-state index >= 15 is 0 Å². The van der Waals surface area contributed by atoms with Gasteiger partial charge >= 0.3 is 0 Å². The predicted octanol–water partition coefficient (Wildman–Crippen LogP) is 0.677. The zero-order valence-corrected chi connectivity index (χ0v) is 10.8. The van der Waals surface area contributed by atoms with Crippen LogP contribution in [0.25, 0.3) is 0 Å². The highest BCUT2D eigenvalue weighted by Crippen LogP contribution is 2.25. The van der Waals surface area contributed by atoms with Crippen molar-refractivity contribution in [2.75, 3.05) is 25.2 Å². The van der Waals surface area contributed by atoms with E-state index < -0.39 is 0 Å². The van der Waals surface area contributed by atoms with Gasteiger partial charge in [0.25, 0.3) is 0 Å². The molecule has 2 amide bonds. The van der Waals surface area contributed by atoms with Gasteiger partial charge in [-0.2, -0.15) is 0 Å². The molecule has 0 aliphatic carbocycles. The van der Waals surface area contributed by atoms with E-state index in [0.717, 1.165) is 0 Å². The molecule has 1 N–H and O–H groups in total. The Morgan fingerprint density at radius 1 is 1.44 bits per heavy atom. The first-order valence-corrected chi connectivity index (χ1v) is 6.23. The van der Waals surface area contributed by atoms with E-state index in [-0.39, 0.29) is 11.8 Å². The molecule has 88 valence electrons. The zero-order chi connectivity index (χ0) is 12.1. The van der Waals surface area contributed by atoms with Crippen LogP contribution < -0.4 is 5.32 Å². The molecule has 0 radical (unpaired) electrons. The molecule has 0 spiro atoms. The van der Waals surface area contributed by atoms with Crippen molar-refractivity contribution < 1.29 is 9.59 Å². The van der Waals surface area contributed by atoms with Gasteiger partial charge in [0, 0.05) is 21.0 Å². The van der Waals surface area contributed by atoms with Crippen LogP contribution in [0.5, 0.6) is 0 Å². The molecule has 0 atom stereocenters. The zero-order valence-electron chi connectivity index (χ0n) is 9.18. The number of amides is 2. The highest BCUT2D eigenvalue weighted by Gasteiger charge is 2.09. The summed E-state index contributed by atoms with van der Waals surface area (Å²) >= 11 is 2.56. The van der Waals surface area contributed by atoms with Gasteiger partial charge in [-0.1, -0.05) is 23.1 Å². The lowest BCUT2D eigenvalue weighted by molar-refractivity contribution is -0.125. The molecule has 0 aliphatic rings. The van der Waals surface area contributed by atoms with Crippen molar-refractivity contribution in [1.29, 1.82) is 0 Å². The van der Waals surface area contributed by atoms with Crippen LogP contribution in [0.1, 0.15) is 6.92 Å². The number of thioether (sulfide) groups is 1. The Labute approximate surface area is 101 Å². The Kier molecular flexibility index (Phi) is 4.69. The molecule has 8 heteroatoms. The van der Waals surface area contributed by atoms with Crippen LogP contribution in [0, 0.1) is 0 Å². The van der Waals surface area contributed by atoms with E-state index in [2.05, 4.69) is 15.5 Å². The molecule has 0 aromatic carbocycles. The van der Waals surface area contributed by atoms with Gasteiger partial charge in [0.15, 0.2) is 4.34 Å². The first-order chi connectivity index (χ1) is 7.49. The first-order valence-electron chi connectivity index (χ1n) is 4.43. The van der Waals surface area contributed by atoms with Crippen molar-refractivity contribution in [1.82, 2.24) is 15.1 Å². The van der Waals surface area contributed by atoms with E-state index in [1.807, 2.05) is 0 Å². The second-order valence-electron chi connectivity index (χ2n) is 3.13. The fourth-order valence-electron chi connectivity index (χ4n) is 0.722. The van der Waals surface area contributed by atoms with Crippen molar-refractivity contribution in [2.24, 2.45) is 0 Å². The summed E-state index contributed by atoms with van der Waals surface area (Å²) in [6.45, 7) is 1.41. The number of carbonyl (C=O) groups excluding carboxylic acids is 2. The minimum Gasteiger partial charge on any atom is -0.348 e. The molecule has 0 aliphatic heterocycles. The number of anilines is 1. The third-order valence-electron chi connectivity index (χ3n) is 1.51. The molecule has 0 bridgehead atoms. The van der Waals surface area contributed by atoms with Gasteiger partial charge in [-0.25, -0.2) is 0 Å². The van der Waals surface area contributed by atoms with Crippen molar-refractivity contribution in [3.63, 3.8) is 0 Å². The van der Waals surface area contributed by atoms with Gasteiger partial charge in [-0.15, -0.1) is 10.2 Å². The van der Waals surface area contributed by atoms with E-state index in [1.165, 1.54) is 34.9 Å². The highest BCUT2D eigenvalue weighted by molar-refractivity contribution is 8.01. The third kappa shape index (κ3) is 4.15. The quantitative estimate of drug-likeness (QED) is 0.636. The molecule has 0 saturated carbocycles. The van der Waals surface area contributed by atoms with Crippen molar-refractivity contribution in [3.05, 3.63) is 0 Å². The fraction of sp³-hybridized carbons (Fsp3) is 0.500. The number of rotatable bonds is 4. The number of hydrogen-bond acceptors (Lipinski definition) is 6. The monoisotopic (exact) mass is 260 g/mol. The molecular formula is C8H12N4O2S2. The Morgan fingerprint density at radius 2 is 2.12 bits per heavy atom. The summed E-state index contributed by atoms with van der Waals surface area (Å²) in [5.41, 5.74) is 0. The second kappa shape index (κ2) is 5.80. The van der Waals surface area contributed by atoms with Crippen LogP contribution in [-0.4, -0.2) is 46.8 Å². The van der Waals surface area contributed by atoms with E-state index in [1.54, 1.807) is 14.1 Å². The van der Waals surface area contributed by atoms with Gasteiger partial charge in [-0.05, 0) is 0 Å². The Bertz CT molecular complexity index is 391. The topological polar surface area (TPSA) is 75.2 Å². The van der Waals surface area contributed by atoms with Crippen LogP contribution in [0.4, 0.5) is 5.13 Å². The lowest BCUT2D eigenvalue weighted by Crippen LogP contribution is -2.23. The maximum Gasteiger partial charge on any atom is 0.232 e. The van der Waals surface area contributed by atoms with E-state index in [0.29, 0.717) is 15.2 Å². The van der Waals surface area contributed by atoms with Gasteiger partial charge in [-0.3, -0.25) is 9.59 Å². The molecule has 16 heavy (non-hydrogen) atoms. The second-order valence-corrected chi connectivity index (χ2v) is 5.33. The molecule has 1 rings (SSSR count). The number of aromatic nitrogens is 2. The van der Waals surface area contributed by atoms with Gasteiger partial charge in [0.1, 0.15) is 0 Å². The summed E-state index contributed by atoms with van der Waals surface area (Å²) in [5, 5.41) is 10.6. The van der Waals surface area contributed by atoms with Crippen LogP contribution >= 0.6 is 23.1 Å². The molecule has 1 aromatic rings. The summed E-state index contributed by atoms with van der Waals surface area (Å²) in [6.07, 6.45) is 0. The molecular weight excluding hydrogens is 248 g/mol. The molecule has 6 nitrogen and oxygen atoms in total. The molecule has 0 saturated heterocycles. The normalized spacial score (nSPS) is 9.94. The number of hydrogen-bond donors (Lipinski definition) is 1. The maximum absolute atomic E-state index is 11.3. The summed E-state index contributed by atoms with van der Waals surface area (Å²) < 4.78 is 0.666. The Hall–Kier alpha value is -1.15. The minimum absolute atomic E-state index is 0.0151. The number of carbonyl (C=O) groups is 2. The highest BCUT2D eigenvalue weighted by atomic mass is 32.2. The van der Waals surface area contributed by atoms with Crippen molar-refractivity contribution in [2.45, 2.75) is 11.3 Å². The lowest BCUT2D eigenvalue weighted by Gasteiger charge is -2.07. The molecule has 0 unspecified atom stereocenters. The lowest BCUT2D eigenvalue weighted by atomic mass is 10.6. The van der Waals surface area contributed by atoms with E-state index in [9.17, 15) is 9.59 Å². The van der Waals surface area contributed by atoms with Crippen LogP contribution in [0.15, 0.2) is 4.34 Å². The van der Waals surface area contributed by atoms with Crippen LogP contribution in [0.3, 0.4) is 0 Å². The SMILES string of the molecule is CC(=O)Nc1nnc(SCC(=O)N(C)C)s1. The Balaban J connectivity index is 2.46. The van der Waals surface area contributed by atoms with Crippen LogP contribution in [-0.2, 0) is 9.59 Å². The number of nitrogens with one attached hydrogen (secondary N) is 1. The average molecular weight is 260 g/mol. The van der Waals surface area contributed by atoms with Gasteiger partial charge < -0.3 is 10.2 Å². The number of nitrogens with zero attached hydrogens (tertiary/aromatic N) is 3. The van der Waals surface area contributed by atoms with Gasteiger partial charge in [0.2, 0.25) is 16.9 Å². The first kappa shape index (κ1) is 12.9. The standard InChI is InChI=1S/C8H12N4O2S2/c1-5(13)9-7-10-11-8(16-7)15-4-6(14)12(2)3/h4H2,1-3H3,(H,9,10,13). The summed E-state index contributed by atoms with van der Waals surface area (Å²) in [7, 11) is 3.40.